The van der Waals surface area contributed by atoms with Crippen LogP contribution in [0.25, 0.3) is 0 Å². The van der Waals surface area contributed by atoms with Crippen LogP contribution in [0.1, 0.15) is 13.3 Å². The van der Waals surface area contributed by atoms with Gasteiger partial charge in [0.1, 0.15) is 4.87 Å². The Labute approximate surface area is 65.7 Å². The predicted molar refractivity (Wildman–Crippen MR) is 38.8 cm³/mol. The van der Waals surface area contributed by atoms with Gasteiger partial charge in [-0.25, -0.2) is 0 Å². The molecule has 56 valence electrons. The zero-order valence-corrected chi connectivity index (χ0v) is 6.69. The molecule has 2 atom stereocenters. The van der Waals surface area contributed by atoms with Crippen molar-refractivity contribution in [2.24, 2.45) is 5.92 Å². The van der Waals surface area contributed by atoms with Crippen LogP contribution in [-0.2, 0) is 4.74 Å². The van der Waals surface area contributed by atoms with Crippen LogP contribution < -0.4 is 0 Å². The summed E-state index contributed by atoms with van der Waals surface area (Å²) < 4.78 is 5.14. The summed E-state index contributed by atoms with van der Waals surface area (Å²) in [6.07, 6.45) is 0.645. The van der Waals surface area contributed by atoms with Crippen LogP contribution in [0, 0.1) is 17.2 Å². The number of alkyl halides is 1. The SMILES string of the molecule is CC1COCCC1(Cl)C#N. The Kier molecular flexibility index (Phi) is 2.18. The fraction of sp³-hybridized carbons (Fsp3) is 0.857. The van der Waals surface area contributed by atoms with E-state index in [4.69, 9.17) is 21.6 Å². The Bertz CT molecular complexity index is 165. The maximum atomic E-state index is 8.68. The van der Waals surface area contributed by atoms with Crippen LogP contribution in [0.15, 0.2) is 0 Å². The fourth-order valence-electron chi connectivity index (χ4n) is 1.03. The van der Waals surface area contributed by atoms with Gasteiger partial charge in [-0.1, -0.05) is 6.92 Å². The third-order valence-corrected chi connectivity index (χ3v) is 2.59. The zero-order valence-electron chi connectivity index (χ0n) is 5.93. The van der Waals surface area contributed by atoms with Gasteiger partial charge in [-0.3, -0.25) is 0 Å². The van der Waals surface area contributed by atoms with Crippen LogP contribution >= 0.6 is 11.6 Å². The summed E-state index contributed by atoms with van der Waals surface area (Å²) in [5.74, 6) is 0.146. The molecule has 10 heavy (non-hydrogen) atoms. The normalized spacial score (nSPS) is 40.7. The highest BCUT2D eigenvalue weighted by molar-refractivity contribution is 6.26. The molecule has 1 rings (SSSR count). The molecule has 0 N–H and O–H groups in total. The minimum atomic E-state index is -0.668. The summed E-state index contributed by atoms with van der Waals surface area (Å²) in [5.41, 5.74) is 0. The van der Waals surface area contributed by atoms with Crippen molar-refractivity contribution < 1.29 is 4.74 Å². The van der Waals surface area contributed by atoms with Crippen molar-refractivity contribution in [2.75, 3.05) is 13.2 Å². The lowest BCUT2D eigenvalue weighted by molar-refractivity contribution is 0.0494. The molecule has 0 aromatic rings. The maximum absolute atomic E-state index is 8.68. The lowest BCUT2D eigenvalue weighted by Gasteiger charge is -2.30. The predicted octanol–water partition coefficient (Wildman–Crippen LogP) is 1.54. The van der Waals surface area contributed by atoms with Crippen LogP contribution in [0.5, 0.6) is 0 Å². The van der Waals surface area contributed by atoms with Crippen molar-refractivity contribution in [3.8, 4) is 6.07 Å². The molecule has 1 saturated heterocycles. The van der Waals surface area contributed by atoms with E-state index in [1.807, 2.05) is 6.92 Å². The van der Waals surface area contributed by atoms with Gasteiger partial charge in [0, 0.05) is 18.9 Å². The van der Waals surface area contributed by atoms with Crippen molar-refractivity contribution in [1.82, 2.24) is 0 Å². The molecular weight excluding hydrogens is 150 g/mol. The summed E-state index contributed by atoms with van der Waals surface area (Å²) in [4.78, 5) is -0.668. The minimum absolute atomic E-state index is 0.146. The molecular formula is C7H10ClNO. The fourth-order valence-corrected chi connectivity index (χ4v) is 1.17. The lowest BCUT2D eigenvalue weighted by Crippen LogP contribution is -2.37. The van der Waals surface area contributed by atoms with Gasteiger partial charge in [0.05, 0.1) is 12.7 Å². The summed E-state index contributed by atoms with van der Waals surface area (Å²) in [6.45, 7) is 3.16. The van der Waals surface area contributed by atoms with Gasteiger partial charge in [0.2, 0.25) is 0 Å². The second-order valence-electron chi connectivity index (χ2n) is 2.70. The first-order chi connectivity index (χ1) is 4.69. The van der Waals surface area contributed by atoms with E-state index in [0.29, 0.717) is 19.6 Å². The maximum Gasteiger partial charge on any atom is 0.138 e. The molecule has 2 unspecified atom stereocenters. The van der Waals surface area contributed by atoms with Crippen molar-refractivity contribution in [3.05, 3.63) is 0 Å². The molecule has 1 aliphatic heterocycles. The first-order valence-corrected chi connectivity index (χ1v) is 3.75. The minimum Gasteiger partial charge on any atom is -0.381 e. The van der Waals surface area contributed by atoms with Gasteiger partial charge in [0.25, 0.3) is 0 Å². The highest BCUT2D eigenvalue weighted by Crippen LogP contribution is 2.31. The largest absolute Gasteiger partial charge is 0.381 e. The standard InChI is InChI=1S/C7H10ClNO/c1-6-4-10-3-2-7(6,8)5-9/h6H,2-4H2,1H3. The highest BCUT2D eigenvalue weighted by atomic mass is 35.5. The van der Waals surface area contributed by atoms with Gasteiger partial charge >= 0.3 is 0 Å². The zero-order chi connectivity index (χ0) is 7.61. The molecule has 0 aromatic carbocycles. The molecule has 0 aliphatic carbocycles. The number of hydrogen-bond donors (Lipinski definition) is 0. The summed E-state index contributed by atoms with van der Waals surface area (Å²) in [7, 11) is 0. The number of nitriles is 1. The molecule has 0 saturated carbocycles. The molecule has 0 amide bonds. The second-order valence-corrected chi connectivity index (χ2v) is 3.37. The van der Waals surface area contributed by atoms with E-state index in [9.17, 15) is 0 Å². The summed E-state index contributed by atoms with van der Waals surface area (Å²) in [5, 5.41) is 8.68. The van der Waals surface area contributed by atoms with E-state index in [-0.39, 0.29) is 5.92 Å². The molecule has 0 spiro atoms. The van der Waals surface area contributed by atoms with E-state index < -0.39 is 4.87 Å². The Morgan fingerprint density at radius 3 is 2.90 bits per heavy atom. The number of hydrogen-bond acceptors (Lipinski definition) is 2. The Morgan fingerprint density at radius 1 is 1.80 bits per heavy atom. The van der Waals surface area contributed by atoms with E-state index in [1.54, 1.807) is 0 Å². The third kappa shape index (κ3) is 1.25. The van der Waals surface area contributed by atoms with E-state index >= 15 is 0 Å². The molecule has 2 nitrogen and oxygen atoms in total. The molecule has 0 bridgehead atoms. The van der Waals surface area contributed by atoms with E-state index in [0.717, 1.165) is 0 Å². The van der Waals surface area contributed by atoms with Crippen LogP contribution in [0.3, 0.4) is 0 Å². The quantitative estimate of drug-likeness (QED) is 0.503. The van der Waals surface area contributed by atoms with Gasteiger partial charge in [-0.15, -0.1) is 11.6 Å². The lowest BCUT2D eigenvalue weighted by atomic mass is 9.90. The third-order valence-electron chi connectivity index (χ3n) is 1.95. The monoisotopic (exact) mass is 159 g/mol. The number of nitrogens with zero attached hydrogens (tertiary/aromatic N) is 1. The van der Waals surface area contributed by atoms with Gasteiger partial charge < -0.3 is 4.74 Å². The van der Waals surface area contributed by atoms with Crippen LogP contribution in [0.2, 0.25) is 0 Å². The summed E-state index contributed by atoms with van der Waals surface area (Å²) in [6, 6.07) is 2.12. The average Bonchev–Trinajstić information content (AvgIpc) is 1.96. The van der Waals surface area contributed by atoms with Crippen LogP contribution in [-0.4, -0.2) is 18.1 Å². The van der Waals surface area contributed by atoms with Crippen molar-refractivity contribution in [2.45, 2.75) is 18.2 Å². The van der Waals surface area contributed by atoms with Gasteiger partial charge in [-0.2, -0.15) is 5.26 Å². The number of halogens is 1. The van der Waals surface area contributed by atoms with E-state index in [2.05, 4.69) is 6.07 Å². The Balaban J connectivity index is 2.65. The van der Waals surface area contributed by atoms with E-state index in [1.165, 1.54) is 0 Å². The van der Waals surface area contributed by atoms with Crippen LogP contribution in [0.4, 0.5) is 0 Å². The molecule has 3 heteroatoms. The molecule has 1 fully saturated rings. The Hall–Kier alpha value is -0.260. The smallest absolute Gasteiger partial charge is 0.138 e. The highest BCUT2D eigenvalue weighted by Gasteiger charge is 2.36. The Morgan fingerprint density at radius 2 is 2.50 bits per heavy atom. The first kappa shape index (κ1) is 7.84. The number of rotatable bonds is 0. The number of ether oxygens (including phenoxy) is 1. The van der Waals surface area contributed by atoms with Crippen molar-refractivity contribution in [3.63, 3.8) is 0 Å². The molecule has 0 aromatic heterocycles. The molecule has 0 radical (unpaired) electrons. The topological polar surface area (TPSA) is 33.0 Å². The molecule has 1 aliphatic rings. The van der Waals surface area contributed by atoms with Gasteiger partial charge in [0.15, 0.2) is 0 Å². The first-order valence-electron chi connectivity index (χ1n) is 3.37. The van der Waals surface area contributed by atoms with Crippen molar-refractivity contribution in [1.29, 1.82) is 5.26 Å². The second kappa shape index (κ2) is 2.77. The summed E-state index contributed by atoms with van der Waals surface area (Å²) >= 11 is 5.97. The van der Waals surface area contributed by atoms with Crippen molar-refractivity contribution >= 4 is 11.6 Å². The molecule has 1 heterocycles. The van der Waals surface area contributed by atoms with Gasteiger partial charge in [-0.05, 0) is 0 Å². The average molecular weight is 160 g/mol.